The quantitative estimate of drug-likeness (QED) is 0.171. The summed E-state index contributed by atoms with van der Waals surface area (Å²) in [4.78, 5) is 26.4. The number of nitrogens with one attached hydrogen (secondary N) is 1. The fourth-order valence-electron chi connectivity index (χ4n) is 4.57. The van der Waals surface area contributed by atoms with Gasteiger partial charge in [0.25, 0.3) is 5.91 Å². The number of furan rings is 1. The molecule has 0 saturated heterocycles. The van der Waals surface area contributed by atoms with Gasteiger partial charge in [-0.25, -0.2) is 4.79 Å². The van der Waals surface area contributed by atoms with E-state index >= 15 is 0 Å². The Hall–Kier alpha value is -3.46. The van der Waals surface area contributed by atoms with Crippen LogP contribution in [0.25, 0.3) is 22.5 Å². The van der Waals surface area contributed by atoms with Gasteiger partial charge in [-0.3, -0.25) is 4.79 Å². The molecule has 2 N–H and O–H groups in total. The van der Waals surface area contributed by atoms with Crippen molar-refractivity contribution >= 4 is 35.4 Å². The number of carbonyl (C=O) groups is 2. The highest BCUT2D eigenvalue weighted by molar-refractivity contribution is 7.98. The van der Waals surface area contributed by atoms with E-state index in [0.717, 1.165) is 28.0 Å². The van der Waals surface area contributed by atoms with Gasteiger partial charge in [0.2, 0.25) is 0 Å². The zero-order valence-corrected chi connectivity index (χ0v) is 24.6. The molecule has 1 aromatic heterocycles. The molecule has 208 valence electrons. The first-order valence-corrected chi connectivity index (χ1v) is 15.5. The van der Waals surface area contributed by atoms with Crippen molar-refractivity contribution in [3.05, 3.63) is 101 Å². The van der Waals surface area contributed by atoms with Crippen LogP contribution in [0.1, 0.15) is 39.8 Å². The van der Waals surface area contributed by atoms with E-state index in [1.807, 2.05) is 80.1 Å². The van der Waals surface area contributed by atoms with Crippen molar-refractivity contribution in [2.45, 2.75) is 30.4 Å². The fourth-order valence-corrected chi connectivity index (χ4v) is 5.45. The molecular formula is C32H33NO5S2. The van der Waals surface area contributed by atoms with E-state index in [4.69, 9.17) is 9.15 Å². The molecule has 0 bridgehead atoms. The van der Waals surface area contributed by atoms with Gasteiger partial charge in [-0.05, 0) is 90.3 Å². The Balaban J connectivity index is 1.71. The summed E-state index contributed by atoms with van der Waals surface area (Å²) in [6.45, 7) is 1.98. The lowest BCUT2D eigenvalue weighted by atomic mass is 9.92. The Bertz CT molecular complexity index is 1460. The lowest BCUT2D eigenvalue weighted by Gasteiger charge is -2.19. The zero-order valence-electron chi connectivity index (χ0n) is 23.0. The first kappa shape index (κ1) is 29.5. The standard InChI is InChI=1S/C32H33NO5S2/c1-20-7-5-6-8-24(20)26-19-22(11-14-25(26)31(34)33-27(32(35)36)17-18-39-3)30(37-2)29-16-15-28(38-29)21-9-12-23(40-4)13-10-21/h5-16,19,27,30H,17-18H2,1-4H3,(H,33,34)(H,35,36). The van der Waals surface area contributed by atoms with E-state index < -0.39 is 24.0 Å². The van der Waals surface area contributed by atoms with Gasteiger partial charge in [0.15, 0.2) is 0 Å². The number of aryl methyl sites for hydroxylation is 1. The summed E-state index contributed by atoms with van der Waals surface area (Å²) in [5.74, 6) is 0.532. The van der Waals surface area contributed by atoms with Gasteiger partial charge >= 0.3 is 5.97 Å². The number of rotatable bonds is 12. The number of hydrogen-bond donors (Lipinski definition) is 2. The van der Waals surface area contributed by atoms with Gasteiger partial charge < -0.3 is 19.6 Å². The molecule has 6 nitrogen and oxygen atoms in total. The van der Waals surface area contributed by atoms with E-state index in [1.54, 1.807) is 36.7 Å². The van der Waals surface area contributed by atoms with Crippen LogP contribution in [0.5, 0.6) is 0 Å². The first-order valence-electron chi connectivity index (χ1n) is 12.9. The van der Waals surface area contributed by atoms with Gasteiger partial charge in [0.05, 0.1) is 0 Å². The average Bonchev–Trinajstić information content (AvgIpc) is 3.45. The van der Waals surface area contributed by atoms with E-state index in [0.29, 0.717) is 29.1 Å². The van der Waals surface area contributed by atoms with Crippen LogP contribution in [-0.4, -0.2) is 48.4 Å². The summed E-state index contributed by atoms with van der Waals surface area (Å²) in [5.41, 5.74) is 4.76. The second kappa shape index (κ2) is 13.7. The fraction of sp³-hybridized carbons (Fsp3) is 0.250. The molecule has 8 heteroatoms. The first-order chi connectivity index (χ1) is 19.4. The minimum atomic E-state index is -1.05. The van der Waals surface area contributed by atoms with E-state index in [-0.39, 0.29) is 0 Å². The highest BCUT2D eigenvalue weighted by atomic mass is 32.2. The topological polar surface area (TPSA) is 88.8 Å². The molecule has 2 atom stereocenters. The number of hydrogen-bond acceptors (Lipinski definition) is 6. The van der Waals surface area contributed by atoms with E-state index in [9.17, 15) is 14.7 Å². The highest BCUT2D eigenvalue weighted by Gasteiger charge is 2.25. The Morgan fingerprint density at radius 1 is 0.975 bits per heavy atom. The maximum Gasteiger partial charge on any atom is 0.326 e. The van der Waals surface area contributed by atoms with Crippen LogP contribution in [0.3, 0.4) is 0 Å². The minimum Gasteiger partial charge on any atom is -0.480 e. The summed E-state index contributed by atoms with van der Waals surface area (Å²) < 4.78 is 12.1. The summed E-state index contributed by atoms with van der Waals surface area (Å²) >= 11 is 3.23. The second-order valence-electron chi connectivity index (χ2n) is 9.31. The predicted molar refractivity (Wildman–Crippen MR) is 163 cm³/mol. The maximum atomic E-state index is 13.4. The maximum absolute atomic E-state index is 13.4. The number of benzene rings is 3. The molecule has 0 aliphatic heterocycles. The molecule has 0 aliphatic carbocycles. The number of carboxylic acid groups (broad SMARTS) is 1. The number of carbonyl (C=O) groups excluding carboxylic acids is 1. The number of ether oxygens (including phenoxy) is 1. The predicted octanol–water partition coefficient (Wildman–Crippen LogP) is 7.32. The van der Waals surface area contributed by atoms with Crippen LogP contribution in [0, 0.1) is 6.92 Å². The third kappa shape index (κ3) is 6.81. The van der Waals surface area contributed by atoms with Gasteiger partial charge in [-0.2, -0.15) is 11.8 Å². The molecule has 0 saturated carbocycles. The summed E-state index contributed by atoms with van der Waals surface area (Å²) in [6, 6.07) is 24.3. The monoisotopic (exact) mass is 575 g/mol. The summed E-state index contributed by atoms with van der Waals surface area (Å²) in [6.07, 6.45) is 3.78. The van der Waals surface area contributed by atoms with Gasteiger partial charge in [-0.1, -0.05) is 42.5 Å². The Labute approximate surface area is 243 Å². The molecule has 3 aromatic carbocycles. The van der Waals surface area contributed by atoms with Crippen LogP contribution >= 0.6 is 23.5 Å². The molecule has 40 heavy (non-hydrogen) atoms. The molecule has 0 spiro atoms. The van der Waals surface area contributed by atoms with Gasteiger partial charge in [0, 0.05) is 23.1 Å². The van der Waals surface area contributed by atoms with Crippen molar-refractivity contribution in [1.29, 1.82) is 0 Å². The lowest BCUT2D eigenvalue weighted by molar-refractivity contribution is -0.139. The number of thioether (sulfide) groups is 2. The van der Waals surface area contributed by atoms with Gasteiger partial charge in [-0.15, -0.1) is 11.8 Å². The SMILES string of the molecule is COC(c1ccc(C(=O)NC(CCSC)C(=O)O)c(-c2ccccc2C)c1)c1ccc(-c2ccc(SC)cc2)o1. The molecule has 0 radical (unpaired) electrons. The number of methoxy groups -OCH3 is 1. The minimum absolute atomic E-state index is 0.340. The molecule has 2 unspecified atom stereocenters. The van der Waals surface area contributed by atoms with Crippen LogP contribution in [0.2, 0.25) is 0 Å². The van der Waals surface area contributed by atoms with E-state index in [1.165, 1.54) is 4.90 Å². The smallest absolute Gasteiger partial charge is 0.326 e. The third-order valence-corrected chi connectivity index (χ3v) is 8.12. The third-order valence-electron chi connectivity index (χ3n) is 6.74. The molecule has 1 amide bonds. The molecular weight excluding hydrogens is 542 g/mol. The van der Waals surface area contributed by atoms with Crippen molar-refractivity contribution in [3.8, 4) is 22.5 Å². The number of aliphatic carboxylic acids is 1. The van der Waals surface area contributed by atoms with Crippen molar-refractivity contribution < 1.29 is 23.8 Å². The van der Waals surface area contributed by atoms with Crippen LogP contribution in [0.4, 0.5) is 0 Å². The molecule has 4 rings (SSSR count). The molecule has 4 aromatic rings. The average molecular weight is 576 g/mol. The van der Waals surface area contributed by atoms with Crippen LogP contribution in [-0.2, 0) is 9.53 Å². The largest absolute Gasteiger partial charge is 0.480 e. The van der Waals surface area contributed by atoms with Gasteiger partial charge in [0.1, 0.15) is 23.7 Å². The Morgan fingerprint density at radius 2 is 1.73 bits per heavy atom. The zero-order chi connectivity index (χ0) is 28.6. The normalized spacial score (nSPS) is 12.6. The van der Waals surface area contributed by atoms with Crippen molar-refractivity contribution in [1.82, 2.24) is 5.32 Å². The molecule has 1 heterocycles. The van der Waals surface area contributed by atoms with Crippen LogP contribution < -0.4 is 5.32 Å². The molecule has 0 fully saturated rings. The summed E-state index contributed by atoms with van der Waals surface area (Å²) in [7, 11) is 1.62. The molecule has 0 aliphatic rings. The second-order valence-corrected chi connectivity index (χ2v) is 11.2. The Kier molecular flexibility index (Phi) is 10.1. The summed E-state index contributed by atoms with van der Waals surface area (Å²) in [5, 5.41) is 12.4. The lowest BCUT2D eigenvalue weighted by Crippen LogP contribution is -2.41. The van der Waals surface area contributed by atoms with E-state index in [2.05, 4.69) is 17.4 Å². The number of carboxylic acids is 1. The van der Waals surface area contributed by atoms with Crippen LogP contribution in [0.15, 0.2) is 88.2 Å². The highest BCUT2D eigenvalue weighted by Crippen LogP contribution is 2.35. The van der Waals surface area contributed by atoms with Crippen molar-refractivity contribution in [2.24, 2.45) is 0 Å². The Morgan fingerprint density at radius 3 is 2.38 bits per heavy atom. The van der Waals surface area contributed by atoms with Crippen molar-refractivity contribution in [2.75, 3.05) is 25.4 Å². The van der Waals surface area contributed by atoms with Crippen molar-refractivity contribution in [3.63, 3.8) is 0 Å². The number of amides is 1.